The third kappa shape index (κ3) is 4.39. The Kier molecular flexibility index (Phi) is 4.76. The van der Waals surface area contributed by atoms with Crippen LogP contribution < -0.4 is 10.2 Å². The Labute approximate surface area is 131 Å². The number of halogens is 6. The molecule has 0 saturated heterocycles. The fraction of sp³-hybridized carbons (Fsp3) is 0.154. The maximum Gasteiger partial charge on any atom is 0.573 e. The summed E-state index contributed by atoms with van der Waals surface area (Å²) in [6, 6.07) is 4.71. The lowest BCUT2D eigenvalue weighted by Gasteiger charge is -2.14. The molecule has 0 amide bonds. The summed E-state index contributed by atoms with van der Waals surface area (Å²) in [4.78, 5) is 3.50. The van der Waals surface area contributed by atoms with E-state index < -0.39 is 36.4 Å². The van der Waals surface area contributed by atoms with Gasteiger partial charge in [-0.2, -0.15) is 13.2 Å². The van der Waals surface area contributed by atoms with E-state index in [9.17, 15) is 36.4 Å². The van der Waals surface area contributed by atoms with Gasteiger partial charge >= 0.3 is 19.7 Å². The van der Waals surface area contributed by atoms with Gasteiger partial charge in [0.15, 0.2) is 0 Å². The van der Waals surface area contributed by atoms with Gasteiger partial charge in [0.05, 0.1) is 11.3 Å². The number of pyridine rings is 1. The van der Waals surface area contributed by atoms with Gasteiger partial charge in [0.1, 0.15) is 5.75 Å². The van der Waals surface area contributed by atoms with E-state index in [2.05, 4.69) is 9.72 Å². The lowest BCUT2D eigenvalue weighted by Crippen LogP contribution is -2.33. The van der Waals surface area contributed by atoms with Gasteiger partial charge in [-0.05, 0) is 18.2 Å². The lowest BCUT2D eigenvalue weighted by atomic mass is 9.77. The molecule has 2 rings (SSSR count). The van der Waals surface area contributed by atoms with Crippen LogP contribution in [0.25, 0.3) is 11.3 Å². The fourth-order valence-electron chi connectivity index (χ4n) is 1.92. The number of nitrogens with zero attached hydrogens (tertiary/aromatic N) is 1. The van der Waals surface area contributed by atoms with Crippen LogP contribution in [0.4, 0.5) is 26.3 Å². The Balaban J connectivity index is 2.50. The molecule has 0 fully saturated rings. The van der Waals surface area contributed by atoms with Gasteiger partial charge in [-0.15, -0.1) is 13.2 Å². The highest BCUT2D eigenvalue weighted by molar-refractivity contribution is 6.60. The largest absolute Gasteiger partial charge is 0.573 e. The van der Waals surface area contributed by atoms with Crippen LogP contribution >= 0.6 is 0 Å². The zero-order valence-corrected chi connectivity index (χ0v) is 11.6. The van der Waals surface area contributed by atoms with Crippen molar-refractivity contribution in [2.24, 2.45) is 0 Å². The molecule has 4 nitrogen and oxygen atoms in total. The quantitative estimate of drug-likeness (QED) is 0.658. The molecular formula is C13H8BF6NO3. The molecule has 24 heavy (non-hydrogen) atoms. The minimum absolute atomic E-state index is 0.0754. The predicted molar refractivity (Wildman–Crippen MR) is 71.2 cm³/mol. The van der Waals surface area contributed by atoms with Crippen LogP contribution in [-0.2, 0) is 6.18 Å². The van der Waals surface area contributed by atoms with Gasteiger partial charge in [-0.1, -0.05) is 12.1 Å². The summed E-state index contributed by atoms with van der Waals surface area (Å²) in [7, 11) is -2.30. The van der Waals surface area contributed by atoms with E-state index in [4.69, 9.17) is 0 Å². The first-order chi connectivity index (χ1) is 11.0. The molecule has 0 unspecified atom stereocenters. The van der Waals surface area contributed by atoms with E-state index in [1.165, 1.54) is 6.07 Å². The monoisotopic (exact) mass is 351 g/mol. The number of benzene rings is 1. The van der Waals surface area contributed by atoms with Gasteiger partial charge in [0.25, 0.3) is 0 Å². The number of hydrogen-bond acceptors (Lipinski definition) is 4. The van der Waals surface area contributed by atoms with Gasteiger partial charge < -0.3 is 14.8 Å². The minimum atomic E-state index is -4.95. The van der Waals surface area contributed by atoms with Crippen molar-refractivity contribution in [3.8, 4) is 17.0 Å². The minimum Gasteiger partial charge on any atom is -0.423 e. The first-order valence-corrected chi connectivity index (χ1v) is 6.27. The van der Waals surface area contributed by atoms with Crippen LogP contribution in [0.15, 0.2) is 36.5 Å². The number of aromatic nitrogens is 1. The van der Waals surface area contributed by atoms with E-state index >= 15 is 0 Å². The number of ether oxygens (including phenoxy) is 1. The van der Waals surface area contributed by atoms with Crippen molar-refractivity contribution >= 4 is 12.6 Å². The molecule has 0 atom stereocenters. The summed E-state index contributed by atoms with van der Waals surface area (Å²) in [5.74, 6) is -0.625. The van der Waals surface area contributed by atoms with Crippen molar-refractivity contribution in [1.29, 1.82) is 0 Å². The van der Waals surface area contributed by atoms with Crippen LogP contribution in [0.5, 0.6) is 5.75 Å². The number of rotatable bonds is 3. The Hall–Kier alpha value is -2.27. The Morgan fingerprint density at radius 3 is 2.21 bits per heavy atom. The molecule has 0 bridgehead atoms. The summed E-state index contributed by atoms with van der Waals surface area (Å²) in [5.41, 5.74) is -2.22. The van der Waals surface area contributed by atoms with Crippen molar-refractivity contribution < 1.29 is 41.1 Å². The molecule has 2 aromatic rings. The molecular weight excluding hydrogens is 343 g/mol. The van der Waals surface area contributed by atoms with E-state index in [0.717, 1.165) is 18.2 Å². The average Bonchev–Trinajstić information content (AvgIpc) is 2.44. The molecule has 0 aliphatic carbocycles. The van der Waals surface area contributed by atoms with E-state index in [0.29, 0.717) is 12.3 Å². The van der Waals surface area contributed by atoms with Crippen molar-refractivity contribution in [3.05, 3.63) is 42.1 Å². The summed E-state index contributed by atoms with van der Waals surface area (Å²) in [6.45, 7) is 0. The zero-order chi connectivity index (χ0) is 18.1. The van der Waals surface area contributed by atoms with E-state index in [1.54, 1.807) is 0 Å². The first kappa shape index (κ1) is 18.1. The second kappa shape index (κ2) is 6.32. The molecule has 0 aliphatic rings. The lowest BCUT2D eigenvalue weighted by molar-refractivity contribution is -0.274. The summed E-state index contributed by atoms with van der Waals surface area (Å²) >= 11 is 0. The second-order valence-electron chi connectivity index (χ2n) is 4.61. The SMILES string of the molecule is OB(O)c1cc(C(F)(F)F)cnc1-c1cccc(OC(F)(F)F)c1. The average molecular weight is 351 g/mol. The van der Waals surface area contributed by atoms with Crippen molar-refractivity contribution in [2.45, 2.75) is 12.5 Å². The number of hydrogen-bond donors (Lipinski definition) is 2. The third-order valence-electron chi connectivity index (χ3n) is 2.86. The highest BCUT2D eigenvalue weighted by Gasteiger charge is 2.34. The highest BCUT2D eigenvalue weighted by atomic mass is 19.4. The standard InChI is InChI=1S/C13H8BF6NO3/c15-12(16,17)8-5-10(14(22)23)11(21-6-8)7-2-1-3-9(4-7)24-13(18,19)20/h1-6,22-23H. The molecule has 1 aromatic carbocycles. The van der Waals surface area contributed by atoms with Crippen LogP contribution in [0.2, 0.25) is 0 Å². The molecule has 0 aliphatic heterocycles. The molecule has 0 radical (unpaired) electrons. The van der Waals surface area contributed by atoms with Gasteiger partial charge in [-0.25, -0.2) is 0 Å². The summed E-state index contributed by atoms with van der Waals surface area (Å²) in [5, 5.41) is 18.5. The molecule has 2 N–H and O–H groups in total. The second-order valence-corrected chi connectivity index (χ2v) is 4.61. The molecule has 0 spiro atoms. The zero-order valence-electron chi connectivity index (χ0n) is 11.6. The number of alkyl halides is 6. The molecule has 0 saturated carbocycles. The molecule has 11 heteroatoms. The van der Waals surface area contributed by atoms with E-state index in [-0.39, 0.29) is 11.3 Å². The normalized spacial score (nSPS) is 12.2. The smallest absolute Gasteiger partial charge is 0.423 e. The fourth-order valence-corrected chi connectivity index (χ4v) is 1.92. The van der Waals surface area contributed by atoms with Crippen LogP contribution in [0.3, 0.4) is 0 Å². The third-order valence-corrected chi connectivity index (χ3v) is 2.86. The maximum atomic E-state index is 12.7. The van der Waals surface area contributed by atoms with Crippen molar-refractivity contribution in [3.63, 3.8) is 0 Å². The Bertz CT molecular complexity index is 732. The highest BCUT2D eigenvalue weighted by Crippen LogP contribution is 2.30. The van der Waals surface area contributed by atoms with Crippen molar-refractivity contribution in [1.82, 2.24) is 4.98 Å². The van der Waals surface area contributed by atoms with Crippen LogP contribution in [0.1, 0.15) is 5.56 Å². The summed E-state index contributed by atoms with van der Waals surface area (Å²) in [6.07, 6.45) is -9.28. The first-order valence-electron chi connectivity index (χ1n) is 6.27. The van der Waals surface area contributed by atoms with Gasteiger partial charge in [0, 0.05) is 17.2 Å². The molecule has 128 valence electrons. The molecule has 1 aromatic heterocycles. The van der Waals surface area contributed by atoms with Crippen LogP contribution in [0, 0.1) is 0 Å². The Morgan fingerprint density at radius 2 is 1.67 bits per heavy atom. The maximum absolute atomic E-state index is 12.7. The topological polar surface area (TPSA) is 62.6 Å². The van der Waals surface area contributed by atoms with Crippen LogP contribution in [-0.4, -0.2) is 28.5 Å². The van der Waals surface area contributed by atoms with E-state index in [1.807, 2.05) is 0 Å². The predicted octanol–water partition coefficient (Wildman–Crippen LogP) is 2.35. The van der Waals surface area contributed by atoms with Crippen molar-refractivity contribution in [2.75, 3.05) is 0 Å². The van der Waals surface area contributed by atoms with Gasteiger partial charge in [-0.3, -0.25) is 4.98 Å². The molecule has 1 heterocycles. The Morgan fingerprint density at radius 1 is 1.00 bits per heavy atom. The van der Waals surface area contributed by atoms with Gasteiger partial charge in [0.2, 0.25) is 0 Å². The summed E-state index contributed by atoms with van der Waals surface area (Å²) < 4.78 is 78.4.